The van der Waals surface area contributed by atoms with Crippen LogP contribution in [0.25, 0.3) is 21.3 Å². The Morgan fingerprint density at radius 1 is 1.06 bits per heavy atom. The summed E-state index contributed by atoms with van der Waals surface area (Å²) in [6, 6.07) is 12.2. The lowest BCUT2D eigenvalue weighted by molar-refractivity contribution is 0.0931. The number of amides is 1. The van der Waals surface area contributed by atoms with Gasteiger partial charge in [-0.05, 0) is 37.5 Å². The molecule has 0 aliphatic carbocycles. The summed E-state index contributed by atoms with van der Waals surface area (Å²) >= 11 is 1.66. The number of benzene rings is 1. The van der Waals surface area contributed by atoms with Crippen LogP contribution in [-0.2, 0) is 0 Å². The molecule has 0 unspecified atom stereocenters. The van der Waals surface area contributed by atoms with Crippen molar-refractivity contribution < 1.29 is 4.79 Å². The molecule has 1 fully saturated rings. The van der Waals surface area contributed by atoms with Crippen molar-refractivity contribution in [1.29, 1.82) is 0 Å². The first-order chi connectivity index (χ1) is 15.2. The number of hydrogen-bond donors (Lipinski definition) is 1. The number of thiophene rings is 1. The van der Waals surface area contributed by atoms with Crippen LogP contribution in [0.5, 0.6) is 0 Å². The van der Waals surface area contributed by atoms with Crippen LogP contribution < -0.4 is 10.2 Å². The van der Waals surface area contributed by atoms with E-state index < -0.39 is 0 Å². The summed E-state index contributed by atoms with van der Waals surface area (Å²) in [6.45, 7) is 3.79. The molecular formula is C24H23N5OS. The predicted molar refractivity (Wildman–Crippen MR) is 125 cm³/mol. The number of hydrogen-bond acceptors (Lipinski definition) is 6. The van der Waals surface area contributed by atoms with Gasteiger partial charge >= 0.3 is 0 Å². The lowest BCUT2D eigenvalue weighted by Crippen LogP contribution is -2.45. The Morgan fingerprint density at radius 2 is 1.81 bits per heavy atom. The number of rotatable bonds is 4. The van der Waals surface area contributed by atoms with Crippen LogP contribution in [-0.4, -0.2) is 40.0 Å². The molecule has 6 nitrogen and oxygen atoms in total. The number of piperidine rings is 1. The van der Waals surface area contributed by atoms with E-state index in [4.69, 9.17) is 0 Å². The highest BCUT2D eigenvalue weighted by molar-refractivity contribution is 7.17. The maximum atomic E-state index is 12.5. The molecule has 5 rings (SSSR count). The summed E-state index contributed by atoms with van der Waals surface area (Å²) in [6.07, 6.45) is 6.71. The van der Waals surface area contributed by atoms with Crippen molar-refractivity contribution in [2.75, 3.05) is 18.0 Å². The number of aromatic nitrogens is 3. The van der Waals surface area contributed by atoms with E-state index in [1.165, 1.54) is 16.7 Å². The van der Waals surface area contributed by atoms with Gasteiger partial charge < -0.3 is 10.2 Å². The van der Waals surface area contributed by atoms with Crippen LogP contribution in [0.15, 0.2) is 60.5 Å². The average molecular weight is 430 g/mol. The minimum atomic E-state index is -0.0373. The Labute approximate surface area is 185 Å². The van der Waals surface area contributed by atoms with E-state index in [0.29, 0.717) is 5.56 Å². The molecule has 1 aromatic carbocycles. The quantitative estimate of drug-likeness (QED) is 0.519. The number of fused-ring (bicyclic) bond motifs is 1. The molecule has 1 N–H and O–H groups in total. The summed E-state index contributed by atoms with van der Waals surface area (Å²) in [5.74, 6) is 0.950. The highest BCUT2D eigenvalue weighted by atomic mass is 32.1. The van der Waals surface area contributed by atoms with Gasteiger partial charge in [0.2, 0.25) is 0 Å². The van der Waals surface area contributed by atoms with Gasteiger partial charge in [-0.2, -0.15) is 0 Å². The summed E-state index contributed by atoms with van der Waals surface area (Å²) in [4.78, 5) is 28.9. The second kappa shape index (κ2) is 8.43. The van der Waals surface area contributed by atoms with Crippen molar-refractivity contribution in [3.63, 3.8) is 0 Å². The van der Waals surface area contributed by atoms with Gasteiger partial charge in [-0.25, -0.2) is 9.97 Å². The number of nitrogens with one attached hydrogen (secondary N) is 1. The van der Waals surface area contributed by atoms with E-state index in [0.717, 1.165) is 42.0 Å². The van der Waals surface area contributed by atoms with Gasteiger partial charge in [-0.3, -0.25) is 9.78 Å². The van der Waals surface area contributed by atoms with E-state index in [1.54, 1.807) is 42.2 Å². The third kappa shape index (κ3) is 4.01. The van der Waals surface area contributed by atoms with E-state index in [2.05, 4.69) is 61.7 Å². The first-order valence-corrected chi connectivity index (χ1v) is 11.3. The molecule has 1 amide bonds. The lowest BCUT2D eigenvalue weighted by Gasteiger charge is -2.33. The van der Waals surface area contributed by atoms with Crippen LogP contribution in [0.1, 0.15) is 28.8 Å². The summed E-state index contributed by atoms with van der Waals surface area (Å²) in [5.41, 5.74) is 4.27. The van der Waals surface area contributed by atoms with Gasteiger partial charge in [0, 0.05) is 48.0 Å². The second-order valence-electron chi connectivity index (χ2n) is 7.86. The molecule has 31 heavy (non-hydrogen) atoms. The molecule has 0 atom stereocenters. The highest BCUT2D eigenvalue weighted by Crippen LogP contribution is 2.38. The van der Waals surface area contributed by atoms with Crippen LogP contribution in [0.3, 0.4) is 0 Å². The van der Waals surface area contributed by atoms with Crippen LogP contribution in [0.2, 0.25) is 0 Å². The third-order valence-electron chi connectivity index (χ3n) is 5.79. The van der Waals surface area contributed by atoms with Crippen molar-refractivity contribution in [1.82, 2.24) is 20.3 Å². The zero-order chi connectivity index (χ0) is 21.2. The van der Waals surface area contributed by atoms with E-state index in [-0.39, 0.29) is 11.9 Å². The fraction of sp³-hybridized carbons (Fsp3) is 0.250. The van der Waals surface area contributed by atoms with Gasteiger partial charge in [0.15, 0.2) is 0 Å². The number of pyridine rings is 1. The van der Waals surface area contributed by atoms with Crippen LogP contribution >= 0.6 is 11.3 Å². The zero-order valence-electron chi connectivity index (χ0n) is 17.3. The fourth-order valence-corrected chi connectivity index (χ4v) is 4.96. The number of nitrogens with zero attached hydrogens (tertiary/aromatic N) is 4. The topological polar surface area (TPSA) is 71.0 Å². The summed E-state index contributed by atoms with van der Waals surface area (Å²) in [5, 5.41) is 6.45. The lowest BCUT2D eigenvalue weighted by atomic mass is 10.0. The van der Waals surface area contributed by atoms with Crippen molar-refractivity contribution >= 4 is 33.3 Å². The molecule has 1 saturated heterocycles. The second-order valence-corrected chi connectivity index (χ2v) is 8.72. The summed E-state index contributed by atoms with van der Waals surface area (Å²) < 4.78 is 0. The third-order valence-corrected chi connectivity index (χ3v) is 6.67. The van der Waals surface area contributed by atoms with Gasteiger partial charge in [0.05, 0.1) is 5.39 Å². The Kier molecular flexibility index (Phi) is 5.34. The molecule has 0 spiro atoms. The predicted octanol–water partition coefficient (Wildman–Crippen LogP) is 4.46. The Hall–Kier alpha value is -3.32. The van der Waals surface area contributed by atoms with E-state index in [1.807, 2.05) is 0 Å². The van der Waals surface area contributed by atoms with Gasteiger partial charge in [0.1, 0.15) is 17.0 Å². The van der Waals surface area contributed by atoms with Crippen molar-refractivity contribution in [3.05, 3.63) is 71.6 Å². The monoisotopic (exact) mass is 429 g/mol. The van der Waals surface area contributed by atoms with Crippen LogP contribution in [0.4, 0.5) is 5.82 Å². The van der Waals surface area contributed by atoms with Crippen LogP contribution in [0, 0.1) is 6.92 Å². The van der Waals surface area contributed by atoms with Crippen molar-refractivity contribution in [3.8, 4) is 11.1 Å². The minimum absolute atomic E-state index is 0.0373. The molecule has 1 aliphatic heterocycles. The summed E-state index contributed by atoms with van der Waals surface area (Å²) in [7, 11) is 0. The molecule has 7 heteroatoms. The average Bonchev–Trinajstić information content (AvgIpc) is 3.25. The standard InChI is InChI=1S/C24H23N5OS/c1-16-2-4-17(5-3-16)20-14-31-24-21(20)22(26-15-27-24)29-12-8-19(9-13-29)28-23(30)18-6-10-25-11-7-18/h2-7,10-11,14-15,19H,8-9,12-13H2,1H3,(H,28,30). The smallest absolute Gasteiger partial charge is 0.251 e. The highest BCUT2D eigenvalue weighted by Gasteiger charge is 2.24. The Morgan fingerprint density at radius 3 is 2.55 bits per heavy atom. The molecular weight excluding hydrogens is 406 g/mol. The largest absolute Gasteiger partial charge is 0.356 e. The van der Waals surface area contributed by atoms with E-state index >= 15 is 0 Å². The Bertz CT molecular complexity index is 1200. The van der Waals surface area contributed by atoms with Crippen molar-refractivity contribution in [2.45, 2.75) is 25.8 Å². The number of carbonyl (C=O) groups is 1. The number of anilines is 1. The Balaban J connectivity index is 1.35. The van der Waals surface area contributed by atoms with Gasteiger partial charge in [-0.1, -0.05) is 29.8 Å². The molecule has 4 aromatic rings. The SMILES string of the molecule is Cc1ccc(-c2csc3ncnc(N4CCC(NC(=O)c5ccncc5)CC4)c23)cc1. The fourth-order valence-electron chi connectivity index (χ4n) is 4.05. The molecule has 0 saturated carbocycles. The van der Waals surface area contributed by atoms with E-state index in [9.17, 15) is 4.79 Å². The molecule has 156 valence electrons. The van der Waals surface area contributed by atoms with Crippen molar-refractivity contribution in [2.24, 2.45) is 0 Å². The molecule has 3 aromatic heterocycles. The minimum Gasteiger partial charge on any atom is -0.356 e. The van der Waals surface area contributed by atoms with Gasteiger partial charge in [-0.15, -0.1) is 11.3 Å². The molecule has 4 heterocycles. The number of carbonyl (C=O) groups excluding carboxylic acids is 1. The first-order valence-electron chi connectivity index (χ1n) is 10.4. The molecule has 0 radical (unpaired) electrons. The maximum Gasteiger partial charge on any atom is 0.251 e. The van der Waals surface area contributed by atoms with Gasteiger partial charge in [0.25, 0.3) is 5.91 Å². The normalized spacial score (nSPS) is 14.7. The number of aryl methyl sites for hydroxylation is 1. The first kappa shape index (κ1) is 19.6. The maximum absolute atomic E-state index is 12.5. The zero-order valence-corrected chi connectivity index (χ0v) is 18.1. The molecule has 0 bridgehead atoms. The molecule has 1 aliphatic rings.